The van der Waals surface area contributed by atoms with Crippen LogP contribution in [0.25, 0.3) is 0 Å². The van der Waals surface area contributed by atoms with E-state index < -0.39 is 17.9 Å². The van der Waals surface area contributed by atoms with Crippen LogP contribution in [-0.4, -0.2) is 34.6 Å². The zero-order valence-electron chi connectivity index (χ0n) is 12.3. The zero-order valence-corrected chi connectivity index (χ0v) is 12.3. The Morgan fingerprint density at radius 2 is 2.05 bits per heavy atom. The molecule has 1 atom stereocenters. The van der Waals surface area contributed by atoms with Crippen molar-refractivity contribution in [3.8, 4) is 6.07 Å². The second-order valence-corrected chi connectivity index (χ2v) is 4.86. The van der Waals surface area contributed by atoms with Crippen molar-refractivity contribution >= 4 is 17.6 Å². The number of piperazine rings is 1. The van der Waals surface area contributed by atoms with Crippen molar-refractivity contribution in [2.24, 2.45) is 0 Å². The van der Waals surface area contributed by atoms with E-state index in [-0.39, 0.29) is 6.54 Å². The largest absolute Gasteiger partial charge is 0.333 e. The molecule has 1 fully saturated rings. The maximum absolute atomic E-state index is 11.8. The number of anilines is 1. The van der Waals surface area contributed by atoms with Gasteiger partial charge in [-0.2, -0.15) is 10.4 Å². The van der Waals surface area contributed by atoms with E-state index in [4.69, 9.17) is 0 Å². The van der Waals surface area contributed by atoms with E-state index in [1.807, 2.05) is 13.8 Å². The van der Waals surface area contributed by atoms with E-state index in [0.29, 0.717) is 24.2 Å². The van der Waals surface area contributed by atoms with Crippen molar-refractivity contribution in [2.75, 3.05) is 11.4 Å². The predicted octanol–water partition coefficient (Wildman–Crippen LogP) is 0.324. The molecule has 0 radical (unpaired) electrons. The van der Waals surface area contributed by atoms with Crippen LogP contribution in [0.5, 0.6) is 0 Å². The molecule has 2 rings (SSSR count). The predicted molar refractivity (Wildman–Crippen MR) is 75.5 cm³/mol. The van der Waals surface area contributed by atoms with Gasteiger partial charge in [0.2, 0.25) is 11.8 Å². The van der Waals surface area contributed by atoms with Crippen molar-refractivity contribution in [3.63, 3.8) is 0 Å². The summed E-state index contributed by atoms with van der Waals surface area (Å²) >= 11 is 0. The highest BCUT2D eigenvalue weighted by Crippen LogP contribution is 2.25. The zero-order chi connectivity index (χ0) is 15.6. The fraction of sp³-hybridized carbons (Fsp3) is 0.500. The van der Waals surface area contributed by atoms with Gasteiger partial charge >= 0.3 is 0 Å². The molecule has 2 amide bonds. The lowest BCUT2D eigenvalue weighted by Gasteiger charge is -2.33. The monoisotopic (exact) mass is 287 g/mol. The minimum atomic E-state index is -0.568. The summed E-state index contributed by atoms with van der Waals surface area (Å²) in [6.07, 6.45) is 1.33. The number of aromatic nitrogens is 2. The first kappa shape index (κ1) is 14.9. The van der Waals surface area contributed by atoms with E-state index in [1.165, 1.54) is 4.90 Å². The van der Waals surface area contributed by atoms with E-state index in [0.717, 1.165) is 11.3 Å². The Labute approximate surface area is 123 Å². The standard InChI is InChI=1S/C14H17N5O2/c1-4-9-10(6-15)13(18-17-11(9)5-2)19-7-12(20)16-14(21)8(19)3/h8H,4-5,7H2,1-3H3,(H,16,20,21). The smallest absolute Gasteiger partial charge is 0.249 e. The third-order valence-electron chi connectivity index (χ3n) is 3.63. The van der Waals surface area contributed by atoms with Crippen molar-refractivity contribution in [2.45, 2.75) is 39.7 Å². The Bertz CT molecular complexity index is 635. The lowest BCUT2D eigenvalue weighted by Crippen LogP contribution is -2.57. The van der Waals surface area contributed by atoms with Gasteiger partial charge in [-0.3, -0.25) is 14.9 Å². The van der Waals surface area contributed by atoms with Crippen LogP contribution in [-0.2, 0) is 22.4 Å². The first-order valence-electron chi connectivity index (χ1n) is 6.92. The minimum absolute atomic E-state index is 0.00904. The summed E-state index contributed by atoms with van der Waals surface area (Å²) in [4.78, 5) is 24.9. The Balaban J connectivity index is 2.56. The number of imide groups is 1. The molecule has 1 aliphatic heterocycles. The van der Waals surface area contributed by atoms with Gasteiger partial charge in [-0.25, -0.2) is 0 Å². The third-order valence-corrected chi connectivity index (χ3v) is 3.63. The summed E-state index contributed by atoms with van der Waals surface area (Å²) in [5.74, 6) is -0.488. The fourth-order valence-corrected chi connectivity index (χ4v) is 2.45. The summed E-state index contributed by atoms with van der Waals surface area (Å²) in [6, 6.07) is 1.58. The van der Waals surface area contributed by atoms with E-state index in [1.54, 1.807) is 6.92 Å². The molecule has 7 heteroatoms. The van der Waals surface area contributed by atoms with Crippen LogP contribution in [0.4, 0.5) is 5.82 Å². The van der Waals surface area contributed by atoms with E-state index >= 15 is 0 Å². The van der Waals surface area contributed by atoms with Crippen molar-refractivity contribution < 1.29 is 9.59 Å². The number of nitrogens with one attached hydrogen (secondary N) is 1. The Morgan fingerprint density at radius 1 is 1.33 bits per heavy atom. The molecular formula is C14H17N5O2. The summed E-state index contributed by atoms with van der Waals surface area (Å²) in [6.45, 7) is 5.55. The average molecular weight is 287 g/mol. The van der Waals surface area contributed by atoms with Crippen LogP contribution >= 0.6 is 0 Å². The van der Waals surface area contributed by atoms with Gasteiger partial charge < -0.3 is 4.90 Å². The average Bonchev–Trinajstić information content (AvgIpc) is 2.49. The van der Waals surface area contributed by atoms with E-state index in [9.17, 15) is 14.9 Å². The quantitative estimate of drug-likeness (QED) is 0.804. The number of nitrogens with zero attached hydrogens (tertiary/aromatic N) is 4. The number of hydrogen-bond donors (Lipinski definition) is 1. The number of amides is 2. The summed E-state index contributed by atoms with van der Waals surface area (Å²) in [7, 11) is 0. The Kier molecular flexibility index (Phi) is 4.17. The second-order valence-electron chi connectivity index (χ2n) is 4.86. The van der Waals surface area contributed by atoms with Crippen LogP contribution in [0.15, 0.2) is 0 Å². The van der Waals surface area contributed by atoms with Gasteiger partial charge in [0.05, 0.1) is 12.2 Å². The van der Waals surface area contributed by atoms with Crippen LogP contribution in [0.1, 0.15) is 37.6 Å². The van der Waals surface area contributed by atoms with Gasteiger partial charge in [-0.1, -0.05) is 13.8 Å². The molecule has 0 bridgehead atoms. The lowest BCUT2D eigenvalue weighted by molar-refractivity contribution is -0.132. The maximum Gasteiger partial charge on any atom is 0.249 e. The summed E-state index contributed by atoms with van der Waals surface area (Å²) in [5, 5.41) is 20.0. The fourth-order valence-electron chi connectivity index (χ4n) is 2.45. The topological polar surface area (TPSA) is 99.0 Å². The van der Waals surface area contributed by atoms with Crippen LogP contribution in [0, 0.1) is 11.3 Å². The van der Waals surface area contributed by atoms with Crippen LogP contribution in [0.3, 0.4) is 0 Å². The highest BCUT2D eigenvalue weighted by atomic mass is 16.2. The minimum Gasteiger partial charge on any atom is -0.333 e. The SMILES string of the molecule is CCc1nnc(N2CC(=O)NC(=O)C2C)c(C#N)c1CC. The second kappa shape index (κ2) is 5.87. The molecule has 1 aliphatic rings. The van der Waals surface area contributed by atoms with Crippen molar-refractivity contribution in [1.29, 1.82) is 5.26 Å². The number of hydrogen-bond acceptors (Lipinski definition) is 6. The first-order chi connectivity index (χ1) is 10.0. The molecule has 1 aromatic heterocycles. The normalized spacial score (nSPS) is 18.4. The molecule has 110 valence electrons. The highest BCUT2D eigenvalue weighted by Gasteiger charge is 2.33. The Morgan fingerprint density at radius 3 is 2.62 bits per heavy atom. The molecule has 1 unspecified atom stereocenters. The molecule has 7 nitrogen and oxygen atoms in total. The van der Waals surface area contributed by atoms with Gasteiger partial charge in [-0.15, -0.1) is 5.10 Å². The van der Waals surface area contributed by atoms with Gasteiger partial charge in [-0.05, 0) is 25.3 Å². The third kappa shape index (κ3) is 2.57. The number of aryl methyl sites for hydroxylation is 1. The number of rotatable bonds is 3. The molecule has 0 saturated carbocycles. The number of carbonyl (C=O) groups is 2. The maximum atomic E-state index is 11.8. The van der Waals surface area contributed by atoms with E-state index in [2.05, 4.69) is 21.6 Å². The van der Waals surface area contributed by atoms with Gasteiger partial charge in [0.1, 0.15) is 17.7 Å². The van der Waals surface area contributed by atoms with Crippen LogP contribution < -0.4 is 10.2 Å². The Hall–Kier alpha value is -2.49. The van der Waals surface area contributed by atoms with Gasteiger partial charge in [0.15, 0.2) is 5.82 Å². The molecule has 1 saturated heterocycles. The molecule has 0 aromatic carbocycles. The molecular weight excluding hydrogens is 270 g/mol. The summed E-state index contributed by atoms with van der Waals surface area (Å²) < 4.78 is 0. The van der Waals surface area contributed by atoms with Crippen molar-refractivity contribution in [3.05, 3.63) is 16.8 Å². The number of nitriles is 1. The van der Waals surface area contributed by atoms with Crippen LogP contribution in [0.2, 0.25) is 0 Å². The lowest BCUT2D eigenvalue weighted by atomic mass is 10.0. The van der Waals surface area contributed by atoms with Gasteiger partial charge in [0, 0.05) is 0 Å². The molecule has 1 N–H and O–H groups in total. The molecule has 0 spiro atoms. The van der Waals surface area contributed by atoms with Gasteiger partial charge in [0.25, 0.3) is 0 Å². The highest BCUT2D eigenvalue weighted by molar-refractivity contribution is 6.04. The molecule has 1 aromatic rings. The molecule has 21 heavy (non-hydrogen) atoms. The first-order valence-corrected chi connectivity index (χ1v) is 6.92. The summed E-state index contributed by atoms with van der Waals surface area (Å²) in [5.41, 5.74) is 2.01. The molecule has 2 heterocycles. The molecule has 0 aliphatic carbocycles. The van der Waals surface area contributed by atoms with Crippen molar-refractivity contribution in [1.82, 2.24) is 15.5 Å². The number of carbonyl (C=O) groups excluding carboxylic acids is 2.